The van der Waals surface area contributed by atoms with Gasteiger partial charge in [0.2, 0.25) is 0 Å². The van der Waals surface area contributed by atoms with Crippen molar-refractivity contribution in [3.8, 4) is 5.75 Å². The van der Waals surface area contributed by atoms with Gasteiger partial charge in [0.15, 0.2) is 0 Å². The van der Waals surface area contributed by atoms with Crippen molar-refractivity contribution in [1.29, 1.82) is 0 Å². The maximum Gasteiger partial charge on any atom is 0.119 e. The molecule has 0 spiro atoms. The van der Waals surface area contributed by atoms with Gasteiger partial charge in [-0.25, -0.2) is 0 Å². The van der Waals surface area contributed by atoms with E-state index in [1.807, 2.05) is 6.07 Å². The van der Waals surface area contributed by atoms with E-state index in [4.69, 9.17) is 4.74 Å². The number of benzene rings is 1. The number of hydrogen-bond acceptors (Lipinski definition) is 2. The first-order valence-electron chi connectivity index (χ1n) is 5.94. The van der Waals surface area contributed by atoms with Crippen LogP contribution in [-0.2, 0) is 0 Å². The highest BCUT2D eigenvalue weighted by molar-refractivity contribution is 5.54. The zero-order valence-corrected chi connectivity index (χ0v) is 11.0. The fourth-order valence-electron chi connectivity index (χ4n) is 1.96. The van der Waals surface area contributed by atoms with E-state index in [0.717, 1.165) is 11.7 Å². The fraction of sp³-hybridized carbons (Fsp3) is 0.571. The van der Waals surface area contributed by atoms with Gasteiger partial charge in [-0.3, -0.25) is 0 Å². The van der Waals surface area contributed by atoms with Crippen LogP contribution in [0.25, 0.3) is 0 Å². The zero-order chi connectivity index (χ0) is 12.1. The Morgan fingerprint density at radius 3 is 2.44 bits per heavy atom. The largest absolute Gasteiger partial charge is 0.497 e. The van der Waals surface area contributed by atoms with Crippen LogP contribution in [0.2, 0.25) is 0 Å². The smallest absolute Gasteiger partial charge is 0.119 e. The molecule has 0 aliphatic heterocycles. The van der Waals surface area contributed by atoms with Crippen molar-refractivity contribution in [3.63, 3.8) is 0 Å². The summed E-state index contributed by atoms with van der Waals surface area (Å²) in [5, 5.41) is 3.54. The number of hydrogen-bond donors (Lipinski definition) is 1. The van der Waals surface area contributed by atoms with E-state index >= 15 is 0 Å². The molecule has 0 radical (unpaired) electrons. The van der Waals surface area contributed by atoms with Crippen molar-refractivity contribution in [2.45, 2.75) is 40.2 Å². The summed E-state index contributed by atoms with van der Waals surface area (Å²) in [6, 6.07) is 6.65. The minimum Gasteiger partial charge on any atom is -0.497 e. The van der Waals surface area contributed by atoms with E-state index in [0.29, 0.717) is 6.04 Å². The van der Waals surface area contributed by atoms with E-state index in [2.05, 4.69) is 45.1 Å². The Balaban J connectivity index is 2.66. The molecule has 1 rings (SSSR count). The van der Waals surface area contributed by atoms with E-state index in [1.54, 1.807) is 7.11 Å². The second-order valence-electron chi connectivity index (χ2n) is 4.86. The van der Waals surface area contributed by atoms with Crippen molar-refractivity contribution in [2.75, 3.05) is 12.4 Å². The average Bonchev–Trinajstić information content (AvgIpc) is 2.19. The Labute approximate surface area is 99.0 Å². The number of methoxy groups -OCH3 is 1. The Morgan fingerprint density at radius 1 is 1.25 bits per heavy atom. The van der Waals surface area contributed by atoms with Crippen molar-refractivity contribution >= 4 is 5.69 Å². The molecule has 0 saturated heterocycles. The Morgan fingerprint density at radius 2 is 1.94 bits per heavy atom. The molecule has 0 amide bonds. The summed E-state index contributed by atoms with van der Waals surface area (Å²) >= 11 is 0. The summed E-state index contributed by atoms with van der Waals surface area (Å²) < 4.78 is 5.19. The highest BCUT2D eigenvalue weighted by Crippen LogP contribution is 2.22. The zero-order valence-electron chi connectivity index (χ0n) is 11.0. The lowest BCUT2D eigenvalue weighted by Gasteiger charge is -2.19. The first-order valence-corrected chi connectivity index (χ1v) is 5.94. The van der Waals surface area contributed by atoms with Gasteiger partial charge in [-0.15, -0.1) is 0 Å². The molecule has 2 heteroatoms. The standard InChI is InChI=1S/C14H23NO/c1-10(2)8-12(4)15-14-7-6-13(16-5)9-11(14)3/h6-7,9-10,12,15H,8H2,1-5H3. The fourth-order valence-corrected chi connectivity index (χ4v) is 1.96. The highest BCUT2D eigenvalue weighted by Gasteiger charge is 2.06. The van der Waals surface area contributed by atoms with Crippen molar-refractivity contribution < 1.29 is 4.74 Å². The van der Waals surface area contributed by atoms with Gasteiger partial charge in [0.1, 0.15) is 5.75 Å². The molecule has 0 bridgehead atoms. The van der Waals surface area contributed by atoms with Crippen LogP contribution in [0.4, 0.5) is 5.69 Å². The molecular weight excluding hydrogens is 198 g/mol. The molecular formula is C14H23NO. The predicted octanol–water partition coefficient (Wildman–Crippen LogP) is 3.85. The molecule has 16 heavy (non-hydrogen) atoms. The molecule has 1 atom stereocenters. The third-order valence-corrected chi connectivity index (χ3v) is 2.66. The van der Waals surface area contributed by atoms with Crippen LogP contribution in [0.15, 0.2) is 18.2 Å². The van der Waals surface area contributed by atoms with Gasteiger partial charge in [0, 0.05) is 11.7 Å². The third kappa shape index (κ3) is 3.76. The second-order valence-corrected chi connectivity index (χ2v) is 4.86. The van der Waals surface area contributed by atoms with Gasteiger partial charge in [0.05, 0.1) is 7.11 Å². The molecule has 0 aromatic heterocycles. The molecule has 1 aromatic rings. The summed E-state index contributed by atoms with van der Waals surface area (Å²) in [5.41, 5.74) is 2.43. The summed E-state index contributed by atoms with van der Waals surface area (Å²) in [7, 11) is 1.70. The summed E-state index contributed by atoms with van der Waals surface area (Å²) in [4.78, 5) is 0. The maximum atomic E-state index is 5.19. The maximum absolute atomic E-state index is 5.19. The van der Waals surface area contributed by atoms with E-state index in [-0.39, 0.29) is 0 Å². The lowest BCUT2D eigenvalue weighted by molar-refractivity contribution is 0.414. The van der Waals surface area contributed by atoms with Crippen molar-refractivity contribution in [2.24, 2.45) is 5.92 Å². The molecule has 1 unspecified atom stereocenters. The first kappa shape index (κ1) is 12.9. The number of ether oxygens (including phenoxy) is 1. The molecule has 0 aliphatic carbocycles. The van der Waals surface area contributed by atoms with Gasteiger partial charge in [-0.05, 0) is 49.9 Å². The summed E-state index contributed by atoms with van der Waals surface area (Å²) in [5.74, 6) is 1.64. The summed E-state index contributed by atoms with van der Waals surface area (Å²) in [6.07, 6.45) is 1.19. The van der Waals surface area contributed by atoms with Gasteiger partial charge in [-0.2, -0.15) is 0 Å². The SMILES string of the molecule is COc1ccc(NC(C)CC(C)C)c(C)c1. The number of anilines is 1. The summed E-state index contributed by atoms with van der Waals surface area (Å²) in [6.45, 7) is 8.83. The Kier molecular flexibility index (Phi) is 4.66. The van der Waals surface area contributed by atoms with E-state index in [9.17, 15) is 0 Å². The molecule has 1 N–H and O–H groups in total. The van der Waals surface area contributed by atoms with Gasteiger partial charge in [-0.1, -0.05) is 13.8 Å². The van der Waals surface area contributed by atoms with E-state index in [1.165, 1.54) is 17.7 Å². The van der Waals surface area contributed by atoms with Crippen LogP contribution in [0, 0.1) is 12.8 Å². The molecule has 2 nitrogen and oxygen atoms in total. The van der Waals surface area contributed by atoms with Crippen molar-refractivity contribution in [1.82, 2.24) is 0 Å². The first-order chi connectivity index (χ1) is 7.52. The van der Waals surface area contributed by atoms with Gasteiger partial charge < -0.3 is 10.1 Å². The topological polar surface area (TPSA) is 21.3 Å². The Bertz CT molecular complexity index is 334. The monoisotopic (exact) mass is 221 g/mol. The molecule has 0 saturated carbocycles. The van der Waals surface area contributed by atoms with Crippen LogP contribution in [0.3, 0.4) is 0 Å². The van der Waals surface area contributed by atoms with Gasteiger partial charge in [0.25, 0.3) is 0 Å². The number of nitrogens with one attached hydrogen (secondary N) is 1. The molecule has 0 heterocycles. The highest BCUT2D eigenvalue weighted by atomic mass is 16.5. The lowest BCUT2D eigenvalue weighted by Crippen LogP contribution is -2.17. The lowest BCUT2D eigenvalue weighted by atomic mass is 10.0. The minimum absolute atomic E-state index is 0.507. The molecule has 1 aromatic carbocycles. The van der Waals surface area contributed by atoms with Crippen LogP contribution in [0.5, 0.6) is 5.75 Å². The average molecular weight is 221 g/mol. The third-order valence-electron chi connectivity index (χ3n) is 2.66. The quantitative estimate of drug-likeness (QED) is 0.815. The van der Waals surface area contributed by atoms with Crippen LogP contribution < -0.4 is 10.1 Å². The molecule has 0 aliphatic rings. The van der Waals surface area contributed by atoms with Gasteiger partial charge >= 0.3 is 0 Å². The molecule has 90 valence electrons. The minimum atomic E-state index is 0.507. The van der Waals surface area contributed by atoms with Crippen LogP contribution in [0.1, 0.15) is 32.8 Å². The van der Waals surface area contributed by atoms with Crippen LogP contribution >= 0.6 is 0 Å². The van der Waals surface area contributed by atoms with Crippen LogP contribution in [-0.4, -0.2) is 13.2 Å². The number of aryl methyl sites for hydroxylation is 1. The van der Waals surface area contributed by atoms with Crippen molar-refractivity contribution in [3.05, 3.63) is 23.8 Å². The number of rotatable bonds is 5. The normalized spacial score (nSPS) is 12.6. The van der Waals surface area contributed by atoms with E-state index < -0.39 is 0 Å². The predicted molar refractivity (Wildman–Crippen MR) is 70.3 cm³/mol. The second kappa shape index (κ2) is 5.78. The molecule has 0 fully saturated rings. The Hall–Kier alpha value is -1.18.